The highest BCUT2D eigenvalue weighted by atomic mass is 32.1. The summed E-state index contributed by atoms with van der Waals surface area (Å²) in [6.45, 7) is 12.1. The van der Waals surface area contributed by atoms with Crippen molar-refractivity contribution >= 4 is 34.6 Å². The summed E-state index contributed by atoms with van der Waals surface area (Å²) in [5.74, 6) is 0.474. The van der Waals surface area contributed by atoms with Crippen LogP contribution >= 0.6 is 12.2 Å². The summed E-state index contributed by atoms with van der Waals surface area (Å²) >= 11 is 5.31. The average Bonchev–Trinajstić information content (AvgIpc) is 2.65. The molecule has 0 atom stereocenters. The number of aryl methyl sites for hydroxylation is 1. The van der Waals surface area contributed by atoms with Crippen molar-refractivity contribution in [3.63, 3.8) is 0 Å². The van der Waals surface area contributed by atoms with Gasteiger partial charge in [-0.15, -0.1) is 0 Å². The molecular weight excluding hydrogens is 370 g/mol. The Balaban J connectivity index is 1.98. The van der Waals surface area contributed by atoms with E-state index in [1.165, 1.54) is 5.69 Å². The molecule has 2 aromatic rings. The lowest BCUT2D eigenvalue weighted by Crippen LogP contribution is -2.34. The van der Waals surface area contributed by atoms with Gasteiger partial charge in [0.2, 0.25) is 0 Å². The number of thiocarbonyl (C=S) groups is 1. The molecular formula is C22H29N3O2S. The van der Waals surface area contributed by atoms with Crippen molar-refractivity contribution < 1.29 is 9.53 Å². The maximum Gasteiger partial charge on any atom is 0.257 e. The molecule has 0 saturated heterocycles. The van der Waals surface area contributed by atoms with Crippen LogP contribution in [0.3, 0.4) is 0 Å². The van der Waals surface area contributed by atoms with Crippen LogP contribution in [0.25, 0.3) is 0 Å². The molecule has 1 amide bonds. The lowest BCUT2D eigenvalue weighted by molar-refractivity contribution is 0.0977. The summed E-state index contributed by atoms with van der Waals surface area (Å²) in [5, 5.41) is 6.10. The molecule has 0 aliphatic carbocycles. The summed E-state index contributed by atoms with van der Waals surface area (Å²) < 4.78 is 5.59. The number of rotatable bonds is 7. The fraction of sp³-hybridized carbons (Fsp3) is 0.364. The number of carbonyl (C=O) groups is 1. The number of benzene rings is 2. The summed E-state index contributed by atoms with van der Waals surface area (Å²) in [7, 11) is 0. The van der Waals surface area contributed by atoms with Gasteiger partial charge in [-0.25, -0.2) is 0 Å². The Labute approximate surface area is 173 Å². The molecule has 6 heteroatoms. The van der Waals surface area contributed by atoms with Crippen LogP contribution in [0.4, 0.5) is 11.4 Å². The standard InChI is InChI=1S/C22H29N3O2S/c1-6-25(7-2)18-10-13-20(16(5)14-18)23-22(28)24-21(26)17-8-11-19(12-9-17)27-15(3)4/h8-15H,6-7H2,1-5H3,(H2,23,24,26,28). The van der Waals surface area contributed by atoms with Crippen molar-refractivity contribution in [2.75, 3.05) is 23.3 Å². The molecule has 2 N–H and O–H groups in total. The van der Waals surface area contributed by atoms with E-state index in [0.29, 0.717) is 5.56 Å². The zero-order valence-corrected chi connectivity index (χ0v) is 18.0. The first-order valence-corrected chi connectivity index (χ1v) is 9.99. The fourth-order valence-corrected chi connectivity index (χ4v) is 3.06. The highest BCUT2D eigenvalue weighted by Gasteiger charge is 2.10. The molecule has 0 fully saturated rings. The number of hydrogen-bond acceptors (Lipinski definition) is 4. The van der Waals surface area contributed by atoms with Crippen molar-refractivity contribution in [1.29, 1.82) is 0 Å². The van der Waals surface area contributed by atoms with Gasteiger partial charge in [0, 0.05) is 30.0 Å². The van der Waals surface area contributed by atoms with Crippen LogP contribution in [0.2, 0.25) is 0 Å². The van der Waals surface area contributed by atoms with Gasteiger partial charge in [0.15, 0.2) is 5.11 Å². The van der Waals surface area contributed by atoms with Crippen LogP contribution < -0.4 is 20.3 Å². The third-order valence-electron chi connectivity index (χ3n) is 4.30. The van der Waals surface area contributed by atoms with E-state index in [2.05, 4.69) is 41.5 Å². The summed E-state index contributed by atoms with van der Waals surface area (Å²) in [6.07, 6.45) is 0.0906. The molecule has 0 unspecified atom stereocenters. The molecule has 0 aromatic heterocycles. The Bertz CT molecular complexity index is 815. The van der Waals surface area contributed by atoms with Crippen LogP contribution in [0, 0.1) is 6.92 Å². The lowest BCUT2D eigenvalue weighted by atomic mass is 10.1. The Morgan fingerprint density at radius 3 is 2.29 bits per heavy atom. The van der Waals surface area contributed by atoms with Crippen LogP contribution in [-0.2, 0) is 0 Å². The maximum absolute atomic E-state index is 12.4. The van der Waals surface area contributed by atoms with Gasteiger partial charge in [0.05, 0.1) is 6.10 Å². The van der Waals surface area contributed by atoms with Gasteiger partial charge >= 0.3 is 0 Å². The SMILES string of the molecule is CCN(CC)c1ccc(NC(=S)NC(=O)c2ccc(OC(C)C)cc2)c(C)c1. The van der Waals surface area contributed by atoms with Crippen molar-refractivity contribution in [2.45, 2.75) is 40.7 Å². The zero-order chi connectivity index (χ0) is 20.7. The van der Waals surface area contributed by atoms with Gasteiger partial charge < -0.3 is 15.0 Å². The first kappa shape index (κ1) is 21.7. The number of nitrogens with zero attached hydrogens (tertiary/aromatic N) is 1. The van der Waals surface area contributed by atoms with Crippen LogP contribution in [0.1, 0.15) is 43.6 Å². The Kier molecular flexibility index (Phi) is 7.81. The number of ether oxygens (including phenoxy) is 1. The predicted octanol–water partition coefficient (Wildman–Crippen LogP) is 4.76. The monoisotopic (exact) mass is 399 g/mol. The second-order valence-electron chi connectivity index (χ2n) is 6.77. The first-order chi connectivity index (χ1) is 13.3. The molecule has 0 aliphatic heterocycles. The van der Waals surface area contributed by atoms with Crippen LogP contribution in [-0.4, -0.2) is 30.2 Å². The predicted molar refractivity (Wildman–Crippen MR) is 121 cm³/mol. The quantitative estimate of drug-likeness (QED) is 0.658. The number of nitrogens with one attached hydrogen (secondary N) is 2. The smallest absolute Gasteiger partial charge is 0.257 e. The third kappa shape index (κ3) is 5.96. The normalized spacial score (nSPS) is 10.5. The van der Waals surface area contributed by atoms with Crippen molar-refractivity contribution in [2.24, 2.45) is 0 Å². The minimum Gasteiger partial charge on any atom is -0.491 e. The minimum atomic E-state index is -0.258. The molecule has 0 spiro atoms. The van der Waals surface area contributed by atoms with Crippen molar-refractivity contribution in [3.05, 3.63) is 53.6 Å². The molecule has 2 aromatic carbocycles. The topological polar surface area (TPSA) is 53.6 Å². The fourth-order valence-electron chi connectivity index (χ4n) is 2.86. The molecule has 0 radical (unpaired) electrons. The first-order valence-electron chi connectivity index (χ1n) is 9.58. The molecule has 5 nitrogen and oxygen atoms in total. The summed E-state index contributed by atoms with van der Waals surface area (Å²) in [6, 6.07) is 13.2. The Morgan fingerprint density at radius 1 is 1.11 bits per heavy atom. The van der Waals surface area contributed by atoms with E-state index < -0.39 is 0 Å². The average molecular weight is 400 g/mol. The van der Waals surface area contributed by atoms with Gasteiger partial charge in [-0.05, 0) is 94.9 Å². The summed E-state index contributed by atoms with van der Waals surface area (Å²) in [4.78, 5) is 14.7. The Hall–Kier alpha value is -2.60. The van der Waals surface area contributed by atoms with Gasteiger partial charge in [-0.3, -0.25) is 10.1 Å². The number of carbonyl (C=O) groups excluding carboxylic acids is 1. The largest absolute Gasteiger partial charge is 0.491 e. The highest BCUT2D eigenvalue weighted by molar-refractivity contribution is 7.80. The van der Waals surface area contributed by atoms with E-state index in [9.17, 15) is 4.79 Å². The lowest BCUT2D eigenvalue weighted by Gasteiger charge is -2.22. The molecule has 0 saturated carbocycles. The van der Waals surface area contributed by atoms with E-state index >= 15 is 0 Å². The van der Waals surface area contributed by atoms with E-state index in [0.717, 1.165) is 30.1 Å². The molecule has 150 valence electrons. The molecule has 28 heavy (non-hydrogen) atoms. The van der Waals surface area contributed by atoms with Crippen molar-refractivity contribution in [3.8, 4) is 5.75 Å². The molecule has 0 heterocycles. The van der Waals surface area contributed by atoms with Gasteiger partial charge in [0.25, 0.3) is 5.91 Å². The number of amides is 1. The van der Waals surface area contributed by atoms with Gasteiger partial charge in [0.1, 0.15) is 5.75 Å². The molecule has 2 rings (SSSR count). The Morgan fingerprint density at radius 2 is 1.75 bits per heavy atom. The van der Waals surface area contributed by atoms with E-state index in [-0.39, 0.29) is 17.1 Å². The van der Waals surface area contributed by atoms with E-state index in [1.54, 1.807) is 24.3 Å². The third-order valence-corrected chi connectivity index (χ3v) is 4.51. The minimum absolute atomic E-state index is 0.0906. The molecule has 0 bridgehead atoms. The maximum atomic E-state index is 12.4. The second-order valence-corrected chi connectivity index (χ2v) is 7.18. The van der Waals surface area contributed by atoms with Gasteiger partial charge in [-0.1, -0.05) is 0 Å². The van der Waals surface area contributed by atoms with Crippen LogP contribution in [0.5, 0.6) is 5.75 Å². The number of anilines is 2. The number of hydrogen-bond donors (Lipinski definition) is 2. The van der Waals surface area contributed by atoms with E-state index in [4.69, 9.17) is 17.0 Å². The van der Waals surface area contributed by atoms with Crippen molar-refractivity contribution in [1.82, 2.24) is 5.32 Å². The highest BCUT2D eigenvalue weighted by Crippen LogP contribution is 2.22. The van der Waals surface area contributed by atoms with Gasteiger partial charge in [-0.2, -0.15) is 0 Å². The zero-order valence-electron chi connectivity index (χ0n) is 17.2. The second kappa shape index (κ2) is 10.1. The molecule has 0 aliphatic rings. The van der Waals surface area contributed by atoms with Crippen LogP contribution in [0.15, 0.2) is 42.5 Å². The summed E-state index contributed by atoms with van der Waals surface area (Å²) in [5.41, 5.74) is 3.64. The van der Waals surface area contributed by atoms with E-state index in [1.807, 2.05) is 26.8 Å².